The molecule has 10 heteroatoms. The molecule has 1 heterocycles. The molecule has 128 valence electrons. The van der Waals surface area contributed by atoms with Crippen LogP contribution in [0.4, 0.5) is 30.6 Å². The summed E-state index contributed by atoms with van der Waals surface area (Å²) in [6, 6.07) is 6.11. The molecule has 0 saturated carbocycles. The highest BCUT2D eigenvalue weighted by Crippen LogP contribution is 2.27. The van der Waals surface area contributed by atoms with E-state index in [1.807, 2.05) is 0 Å². The van der Waals surface area contributed by atoms with Crippen molar-refractivity contribution in [3.8, 4) is 0 Å². The molecule has 0 fully saturated rings. The molecule has 0 amide bonds. The minimum Gasteiger partial charge on any atom is -0.383 e. The number of nitrogens with two attached hydrogens (primary N) is 2. The van der Waals surface area contributed by atoms with Gasteiger partial charge in [0.25, 0.3) is 0 Å². The number of halogens is 3. The van der Waals surface area contributed by atoms with E-state index < -0.39 is 17.5 Å². The van der Waals surface area contributed by atoms with Crippen molar-refractivity contribution >= 4 is 28.4 Å². The highest BCUT2D eigenvalue weighted by Gasteiger charge is 2.15. The Morgan fingerprint density at radius 2 is 1.72 bits per heavy atom. The molecule has 25 heavy (non-hydrogen) atoms. The van der Waals surface area contributed by atoms with Crippen molar-refractivity contribution in [2.24, 2.45) is 5.29 Å². The van der Waals surface area contributed by atoms with Crippen LogP contribution in [0, 0.1) is 22.4 Å². The normalized spacial score (nSPS) is 10.8. The quantitative estimate of drug-likeness (QED) is 0.426. The first-order valence-corrected chi connectivity index (χ1v) is 6.96. The summed E-state index contributed by atoms with van der Waals surface area (Å²) in [5, 5.41) is 4.19. The average molecular weight is 348 g/mol. The summed E-state index contributed by atoms with van der Waals surface area (Å²) in [4.78, 5) is 19.0. The number of hydrogen-bond acceptors (Lipinski definition) is 6. The van der Waals surface area contributed by atoms with Crippen LogP contribution in [0.15, 0.2) is 35.6 Å². The van der Waals surface area contributed by atoms with E-state index in [9.17, 15) is 18.1 Å². The molecule has 0 spiro atoms. The summed E-state index contributed by atoms with van der Waals surface area (Å²) in [6.45, 7) is -0.279. The summed E-state index contributed by atoms with van der Waals surface area (Å²) < 4.78 is 39.6. The van der Waals surface area contributed by atoms with Crippen molar-refractivity contribution in [2.75, 3.05) is 16.5 Å². The fourth-order valence-corrected chi connectivity index (χ4v) is 2.36. The lowest BCUT2D eigenvalue weighted by Crippen LogP contribution is -2.15. The summed E-state index contributed by atoms with van der Waals surface area (Å²) >= 11 is 0. The molecule has 0 radical (unpaired) electrons. The van der Waals surface area contributed by atoms with E-state index in [2.05, 4.69) is 15.3 Å². The highest BCUT2D eigenvalue weighted by molar-refractivity contribution is 5.91. The third-order valence-corrected chi connectivity index (χ3v) is 3.50. The zero-order valence-electron chi connectivity index (χ0n) is 12.6. The average Bonchev–Trinajstić information content (AvgIpc) is 2.57. The van der Waals surface area contributed by atoms with E-state index in [0.717, 1.165) is 17.1 Å². The van der Waals surface area contributed by atoms with Crippen molar-refractivity contribution in [3.63, 3.8) is 0 Å². The zero-order valence-corrected chi connectivity index (χ0v) is 12.6. The predicted molar refractivity (Wildman–Crippen MR) is 86.7 cm³/mol. The number of benzene rings is 2. The zero-order chi connectivity index (χ0) is 18.1. The lowest BCUT2D eigenvalue weighted by atomic mass is 10.1. The van der Waals surface area contributed by atoms with Gasteiger partial charge in [-0.15, -0.1) is 4.91 Å². The van der Waals surface area contributed by atoms with Gasteiger partial charge in [-0.1, -0.05) is 0 Å². The SMILES string of the molecule is Nc1nc(N)c2cc(N(Cc3cc(F)c(F)c(F)c3)N=O)ccc2n1. The fourth-order valence-electron chi connectivity index (χ4n) is 2.36. The van der Waals surface area contributed by atoms with E-state index in [1.54, 1.807) is 6.07 Å². The van der Waals surface area contributed by atoms with Crippen molar-refractivity contribution in [3.05, 3.63) is 58.3 Å². The molecule has 0 saturated heterocycles. The van der Waals surface area contributed by atoms with Crippen molar-refractivity contribution in [1.82, 2.24) is 9.97 Å². The van der Waals surface area contributed by atoms with Gasteiger partial charge in [0.1, 0.15) is 5.82 Å². The minimum atomic E-state index is -1.58. The molecule has 3 aromatic rings. The summed E-state index contributed by atoms with van der Waals surface area (Å²) in [5.41, 5.74) is 12.1. The lowest BCUT2D eigenvalue weighted by molar-refractivity contribution is 0.445. The molecule has 0 bridgehead atoms. The van der Waals surface area contributed by atoms with Crippen LogP contribution in [-0.2, 0) is 6.54 Å². The van der Waals surface area contributed by atoms with Crippen LogP contribution < -0.4 is 16.5 Å². The maximum Gasteiger partial charge on any atom is 0.222 e. The Hall–Kier alpha value is -3.43. The van der Waals surface area contributed by atoms with E-state index >= 15 is 0 Å². The summed E-state index contributed by atoms with van der Waals surface area (Å²) in [7, 11) is 0. The van der Waals surface area contributed by atoms with Gasteiger partial charge in [-0.05, 0) is 35.9 Å². The van der Waals surface area contributed by atoms with Crippen LogP contribution in [0.5, 0.6) is 0 Å². The number of nitrogen functional groups attached to an aromatic ring is 2. The topological polar surface area (TPSA) is 110 Å². The van der Waals surface area contributed by atoms with Crippen LogP contribution >= 0.6 is 0 Å². The predicted octanol–water partition coefficient (Wildman–Crippen LogP) is 2.90. The Balaban J connectivity index is 1.98. The van der Waals surface area contributed by atoms with Gasteiger partial charge in [-0.25, -0.2) is 23.2 Å². The molecule has 4 N–H and O–H groups in total. The van der Waals surface area contributed by atoms with Crippen LogP contribution in [-0.4, -0.2) is 9.97 Å². The molecule has 0 atom stereocenters. The van der Waals surface area contributed by atoms with E-state index in [0.29, 0.717) is 10.9 Å². The van der Waals surface area contributed by atoms with Gasteiger partial charge in [0.05, 0.1) is 23.0 Å². The van der Waals surface area contributed by atoms with Gasteiger partial charge < -0.3 is 11.5 Å². The first kappa shape index (κ1) is 16.4. The second-order valence-corrected chi connectivity index (χ2v) is 5.18. The van der Waals surface area contributed by atoms with Crippen LogP contribution in [0.2, 0.25) is 0 Å². The molecule has 2 aromatic carbocycles. The first-order valence-electron chi connectivity index (χ1n) is 6.96. The first-order chi connectivity index (χ1) is 11.9. The van der Waals surface area contributed by atoms with Crippen molar-refractivity contribution in [2.45, 2.75) is 6.54 Å². The second kappa shape index (κ2) is 6.23. The number of aromatic nitrogens is 2. The van der Waals surface area contributed by atoms with Gasteiger partial charge in [0, 0.05) is 5.39 Å². The minimum absolute atomic E-state index is 0.000353. The number of nitrogens with zero attached hydrogens (tertiary/aromatic N) is 4. The van der Waals surface area contributed by atoms with E-state index in [4.69, 9.17) is 11.5 Å². The number of fused-ring (bicyclic) bond motifs is 1. The molecular weight excluding hydrogens is 337 g/mol. The molecule has 0 aliphatic carbocycles. The van der Waals surface area contributed by atoms with Gasteiger partial charge in [0.2, 0.25) is 5.95 Å². The summed E-state index contributed by atoms with van der Waals surface area (Å²) in [5.74, 6) is -4.18. The number of rotatable bonds is 4. The number of hydrogen-bond donors (Lipinski definition) is 2. The van der Waals surface area contributed by atoms with Crippen molar-refractivity contribution in [1.29, 1.82) is 0 Å². The van der Waals surface area contributed by atoms with Crippen LogP contribution in [0.1, 0.15) is 5.56 Å². The Bertz CT molecular complexity index is 958. The Morgan fingerprint density at radius 3 is 2.36 bits per heavy atom. The number of nitroso groups, excluding NO2 is 1. The summed E-state index contributed by atoms with van der Waals surface area (Å²) in [6.07, 6.45) is 0. The molecule has 3 rings (SSSR count). The third-order valence-electron chi connectivity index (χ3n) is 3.50. The standard InChI is InChI=1S/C15H11F3N6O/c16-10-3-7(4-11(17)13(10)18)6-24(23-25)8-1-2-12-9(5-8)14(19)22-15(20)21-12/h1-5H,6H2,(H4,19,20,21,22). The van der Waals surface area contributed by atoms with Crippen molar-refractivity contribution < 1.29 is 13.2 Å². The lowest BCUT2D eigenvalue weighted by Gasteiger charge is -2.16. The molecule has 1 aromatic heterocycles. The molecule has 0 aliphatic rings. The smallest absolute Gasteiger partial charge is 0.222 e. The van der Waals surface area contributed by atoms with E-state index in [1.165, 1.54) is 12.1 Å². The molecule has 0 unspecified atom stereocenters. The van der Waals surface area contributed by atoms with Gasteiger partial charge in [0.15, 0.2) is 17.5 Å². The largest absolute Gasteiger partial charge is 0.383 e. The maximum absolute atomic E-state index is 13.3. The molecule has 0 aliphatic heterocycles. The van der Waals surface area contributed by atoms with Gasteiger partial charge in [-0.3, -0.25) is 0 Å². The van der Waals surface area contributed by atoms with Gasteiger partial charge >= 0.3 is 0 Å². The van der Waals surface area contributed by atoms with E-state index in [-0.39, 0.29) is 29.6 Å². The second-order valence-electron chi connectivity index (χ2n) is 5.18. The highest BCUT2D eigenvalue weighted by atomic mass is 19.2. The Morgan fingerprint density at radius 1 is 1.04 bits per heavy atom. The molecule has 7 nitrogen and oxygen atoms in total. The Labute approximate surface area is 139 Å². The van der Waals surface area contributed by atoms with Gasteiger partial charge in [-0.2, -0.15) is 4.98 Å². The fraction of sp³-hybridized carbons (Fsp3) is 0.0667. The number of anilines is 3. The molecular formula is C15H11F3N6O. The maximum atomic E-state index is 13.3. The monoisotopic (exact) mass is 348 g/mol. The Kier molecular flexibility index (Phi) is 4.09. The van der Waals surface area contributed by atoms with Crippen LogP contribution in [0.3, 0.4) is 0 Å². The van der Waals surface area contributed by atoms with Crippen LogP contribution in [0.25, 0.3) is 10.9 Å². The third kappa shape index (κ3) is 3.13.